The summed E-state index contributed by atoms with van der Waals surface area (Å²) in [7, 11) is 0. The van der Waals surface area contributed by atoms with Gasteiger partial charge in [-0.1, -0.05) is 11.6 Å². The second kappa shape index (κ2) is 9.31. The van der Waals surface area contributed by atoms with Crippen molar-refractivity contribution in [2.24, 2.45) is 0 Å². The zero-order chi connectivity index (χ0) is 18.2. The third-order valence-electron chi connectivity index (χ3n) is 3.91. The first kappa shape index (κ1) is 18.4. The predicted octanol–water partition coefficient (Wildman–Crippen LogP) is 4.22. The molecule has 5 nitrogen and oxygen atoms in total. The average molecular weight is 386 g/mol. The summed E-state index contributed by atoms with van der Waals surface area (Å²) >= 11 is 11.6. The van der Waals surface area contributed by atoms with Crippen molar-refractivity contribution in [3.05, 3.63) is 78.1 Å². The van der Waals surface area contributed by atoms with Gasteiger partial charge in [-0.2, -0.15) is 0 Å². The van der Waals surface area contributed by atoms with Gasteiger partial charge in [0.1, 0.15) is 0 Å². The molecule has 0 radical (unpaired) electrons. The molecule has 0 aliphatic heterocycles. The number of halogens is 1. The number of hydrogen-bond acceptors (Lipinski definition) is 3. The van der Waals surface area contributed by atoms with Crippen molar-refractivity contribution < 1.29 is 0 Å². The van der Waals surface area contributed by atoms with Crippen molar-refractivity contribution in [2.45, 2.75) is 19.5 Å². The standard InChI is InChI=1S/C19H20ClN5S/c20-17-2-4-18(5-3-17)23-19(26)25(14-16-6-8-21-9-7-16)12-1-11-24-13-10-22-15-24/h2-10,13,15H,1,11-12,14H2,(H,23,26). The minimum Gasteiger partial charge on any atom is -0.345 e. The molecule has 2 heterocycles. The largest absolute Gasteiger partial charge is 0.345 e. The maximum absolute atomic E-state index is 5.95. The summed E-state index contributed by atoms with van der Waals surface area (Å²) in [6.07, 6.45) is 10.2. The minimum atomic E-state index is 0.690. The molecule has 0 aliphatic carbocycles. The highest BCUT2D eigenvalue weighted by atomic mass is 35.5. The van der Waals surface area contributed by atoms with Crippen molar-refractivity contribution in [3.8, 4) is 0 Å². The van der Waals surface area contributed by atoms with E-state index in [9.17, 15) is 0 Å². The van der Waals surface area contributed by atoms with Gasteiger partial charge in [-0.25, -0.2) is 4.98 Å². The Labute approximate surface area is 163 Å². The van der Waals surface area contributed by atoms with Crippen LogP contribution in [0.5, 0.6) is 0 Å². The van der Waals surface area contributed by atoms with Crippen LogP contribution >= 0.6 is 23.8 Å². The summed E-state index contributed by atoms with van der Waals surface area (Å²) in [4.78, 5) is 10.3. The molecule has 2 aromatic heterocycles. The molecule has 0 atom stereocenters. The number of rotatable bonds is 7. The van der Waals surface area contributed by atoms with Gasteiger partial charge in [0, 0.05) is 55.1 Å². The summed E-state index contributed by atoms with van der Waals surface area (Å²) in [5.41, 5.74) is 2.09. The van der Waals surface area contributed by atoms with E-state index >= 15 is 0 Å². The quantitative estimate of drug-likeness (QED) is 0.617. The van der Waals surface area contributed by atoms with Crippen molar-refractivity contribution in [3.63, 3.8) is 0 Å². The average Bonchev–Trinajstić information content (AvgIpc) is 3.17. The van der Waals surface area contributed by atoms with E-state index in [4.69, 9.17) is 23.8 Å². The number of hydrogen-bond donors (Lipinski definition) is 1. The van der Waals surface area contributed by atoms with Gasteiger partial charge in [-0.05, 0) is 60.6 Å². The van der Waals surface area contributed by atoms with Crippen LogP contribution in [-0.2, 0) is 13.1 Å². The fourth-order valence-corrected chi connectivity index (χ4v) is 2.96. The molecule has 26 heavy (non-hydrogen) atoms. The number of nitrogens with one attached hydrogen (secondary N) is 1. The number of aromatic nitrogens is 3. The number of benzene rings is 1. The van der Waals surface area contributed by atoms with Crippen LogP contribution in [-0.4, -0.2) is 31.1 Å². The molecule has 0 saturated heterocycles. The van der Waals surface area contributed by atoms with Crippen molar-refractivity contribution in [1.29, 1.82) is 0 Å². The van der Waals surface area contributed by atoms with E-state index in [1.807, 2.05) is 48.9 Å². The van der Waals surface area contributed by atoms with Crippen LogP contribution in [0.3, 0.4) is 0 Å². The second-order valence-corrected chi connectivity index (χ2v) is 6.69. The molecule has 0 aliphatic rings. The van der Waals surface area contributed by atoms with E-state index in [1.54, 1.807) is 18.6 Å². The van der Waals surface area contributed by atoms with Crippen LogP contribution in [0.4, 0.5) is 5.69 Å². The lowest BCUT2D eigenvalue weighted by atomic mass is 10.2. The Morgan fingerprint density at radius 3 is 2.54 bits per heavy atom. The normalized spacial score (nSPS) is 10.5. The monoisotopic (exact) mass is 385 g/mol. The predicted molar refractivity (Wildman–Crippen MR) is 109 cm³/mol. The number of imidazole rings is 1. The van der Waals surface area contributed by atoms with Crippen molar-refractivity contribution in [1.82, 2.24) is 19.4 Å². The van der Waals surface area contributed by atoms with Gasteiger partial charge < -0.3 is 14.8 Å². The van der Waals surface area contributed by atoms with Crippen LogP contribution in [0.2, 0.25) is 5.02 Å². The highest BCUT2D eigenvalue weighted by Crippen LogP contribution is 2.15. The van der Waals surface area contributed by atoms with E-state index in [0.29, 0.717) is 10.1 Å². The Balaban J connectivity index is 1.64. The van der Waals surface area contributed by atoms with Crippen molar-refractivity contribution in [2.75, 3.05) is 11.9 Å². The molecule has 7 heteroatoms. The lowest BCUT2D eigenvalue weighted by molar-refractivity contribution is 0.396. The zero-order valence-corrected chi connectivity index (χ0v) is 15.8. The summed E-state index contributed by atoms with van der Waals surface area (Å²) in [5.74, 6) is 0. The van der Waals surface area contributed by atoms with Crippen LogP contribution in [0.25, 0.3) is 0 Å². The lowest BCUT2D eigenvalue weighted by Crippen LogP contribution is -2.35. The summed E-state index contributed by atoms with van der Waals surface area (Å²) < 4.78 is 2.07. The number of aryl methyl sites for hydroxylation is 1. The topological polar surface area (TPSA) is 46.0 Å². The van der Waals surface area contributed by atoms with Gasteiger partial charge >= 0.3 is 0 Å². The second-order valence-electron chi connectivity index (χ2n) is 5.87. The third-order valence-corrected chi connectivity index (χ3v) is 4.52. The van der Waals surface area contributed by atoms with E-state index in [2.05, 4.69) is 24.8 Å². The number of thiocarbonyl (C=S) groups is 1. The summed E-state index contributed by atoms with van der Waals surface area (Å²) in [6, 6.07) is 11.6. The molecule has 1 aromatic carbocycles. The maximum atomic E-state index is 5.95. The van der Waals surface area contributed by atoms with Gasteiger partial charge in [0.05, 0.1) is 6.33 Å². The number of anilines is 1. The minimum absolute atomic E-state index is 0.690. The molecule has 3 rings (SSSR count). The molecule has 0 spiro atoms. The molecular weight excluding hydrogens is 366 g/mol. The first-order chi connectivity index (χ1) is 12.7. The SMILES string of the molecule is S=C(Nc1ccc(Cl)cc1)N(CCCn1ccnc1)Cc1ccncc1. The fourth-order valence-electron chi connectivity index (χ4n) is 2.56. The smallest absolute Gasteiger partial charge is 0.173 e. The van der Waals surface area contributed by atoms with E-state index in [0.717, 1.165) is 31.7 Å². The summed E-state index contributed by atoms with van der Waals surface area (Å²) in [6.45, 7) is 2.46. The highest BCUT2D eigenvalue weighted by molar-refractivity contribution is 7.80. The number of pyridine rings is 1. The van der Waals surface area contributed by atoms with Crippen LogP contribution in [0, 0.1) is 0 Å². The first-order valence-corrected chi connectivity index (χ1v) is 9.15. The molecule has 0 fully saturated rings. The number of nitrogens with zero attached hydrogens (tertiary/aromatic N) is 4. The Hall–Kier alpha value is -2.44. The molecule has 3 aromatic rings. The molecular formula is C19H20ClN5S. The lowest BCUT2D eigenvalue weighted by Gasteiger charge is -2.26. The van der Waals surface area contributed by atoms with E-state index in [-0.39, 0.29) is 0 Å². The Morgan fingerprint density at radius 1 is 1.08 bits per heavy atom. The first-order valence-electron chi connectivity index (χ1n) is 8.37. The molecule has 1 N–H and O–H groups in total. The molecule has 134 valence electrons. The van der Waals surface area contributed by atoms with E-state index < -0.39 is 0 Å². The Bertz CT molecular complexity index is 806. The van der Waals surface area contributed by atoms with Gasteiger partial charge in [-0.15, -0.1) is 0 Å². The molecule has 0 saturated carbocycles. The van der Waals surface area contributed by atoms with E-state index in [1.165, 1.54) is 5.56 Å². The molecule has 0 amide bonds. The third kappa shape index (κ3) is 5.54. The van der Waals surface area contributed by atoms with Gasteiger partial charge in [0.25, 0.3) is 0 Å². The zero-order valence-electron chi connectivity index (χ0n) is 14.3. The maximum Gasteiger partial charge on any atom is 0.173 e. The molecule has 0 unspecified atom stereocenters. The van der Waals surface area contributed by atoms with Gasteiger partial charge in [0.15, 0.2) is 5.11 Å². The highest BCUT2D eigenvalue weighted by Gasteiger charge is 2.11. The van der Waals surface area contributed by atoms with Crippen molar-refractivity contribution >= 4 is 34.6 Å². The van der Waals surface area contributed by atoms with Gasteiger partial charge in [0.2, 0.25) is 0 Å². The Morgan fingerprint density at radius 2 is 1.85 bits per heavy atom. The van der Waals surface area contributed by atoms with Crippen LogP contribution in [0.15, 0.2) is 67.5 Å². The van der Waals surface area contributed by atoms with Crippen LogP contribution < -0.4 is 5.32 Å². The van der Waals surface area contributed by atoms with Gasteiger partial charge in [-0.3, -0.25) is 4.98 Å². The fraction of sp³-hybridized carbons (Fsp3) is 0.211. The Kier molecular flexibility index (Phi) is 6.57. The summed E-state index contributed by atoms with van der Waals surface area (Å²) in [5, 5.41) is 4.69. The molecule has 0 bridgehead atoms. The van der Waals surface area contributed by atoms with Crippen LogP contribution in [0.1, 0.15) is 12.0 Å².